The molecular formula is C8H12ClNO. The summed E-state index contributed by atoms with van der Waals surface area (Å²) in [6.45, 7) is 3.85. The molecule has 0 radical (unpaired) electrons. The molecule has 0 fully saturated rings. The SMILES string of the molecule is CCC1=NC(C)C(=O)C=C1.Cl. The van der Waals surface area contributed by atoms with Crippen LogP contribution in [-0.2, 0) is 4.79 Å². The Bertz CT molecular complexity index is 208. The summed E-state index contributed by atoms with van der Waals surface area (Å²) in [5.74, 6) is 0.109. The fraction of sp³-hybridized carbons (Fsp3) is 0.500. The quantitative estimate of drug-likeness (QED) is 0.595. The van der Waals surface area contributed by atoms with Crippen LogP contribution in [0.4, 0.5) is 0 Å². The lowest BCUT2D eigenvalue weighted by Gasteiger charge is -2.08. The molecule has 11 heavy (non-hydrogen) atoms. The third-order valence-corrected chi connectivity index (χ3v) is 1.57. The fourth-order valence-corrected chi connectivity index (χ4v) is 0.882. The minimum atomic E-state index is -0.153. The number of rotatable bonds is 1. The van der Waals surface area contributed by atoms with E-state index >= 15 is 0 Å². The molecule has 0 N–H and O–H groups in total. The van der Waals surface area contributed by atoms with Gasteiger partial charge < -0.3 is 0 Å². The predicted octanol–water partition coefficient (Wildman–Crippen LogP) is 1.79. The molecular weight excluding hydrogens is 162 g/mol. The first-order valence-corrected chi connectivity index (χ1v) is 3.52. The zero-order valence-electron chi connectivity index (χ0n) is 6.70. The van der Waals surface area contributed by atoms with Crippen LogP contribution in [0.25, 0.3) is 0 Å². The van der Waals surface area contributed by atoms with Crippen LogP contribution in [0.15, 0.2) is 17.1 Å². The minimum absolute atomic E-state index is 0. The molecule has 1 heterocycles. The molecule has 1 unspecified atom stereocenters. The van der Waals surface area contributed by atoms with Gasteiger partial charge in [0.05, 0.1) is 0 Å². The highest BCUT2D eigenvalue weighted by Crippen LogP contribution is 2.03. The molecule has 0 amide bonds. The summed E-state index contributed by atoms with van der Waals surface area (Å²) < 4.78 is 0. The molecule has 0 bridgehead atoms. The average Bonchev–Trinajstić information content (AvgIpc) is 1.95. The van der Waals surface area contributed by atoms with Gasteiger partial charge in [0.2, 0.25) is 0 Å². The first-order valence-electron chi connectivity index (χ1n) is 3.52. The van der Waals surface area contributed by atoms with Crippen molar-refractivity contribution in [1.29, 1.82) is 0 Å². The van der Waals surface area contributed by atoms with Crippen molar-refractivity contribution in [2.24, 2.45) is 4.99 Å². The molecule has 1 aliphatic heterocycles. The summed E-state index contributed by atoms with van der Waals surface area (Å²) in [5, 5.41) is 0. The molecule has 1 aliphatic rings. The molecule has 1 atom stereocenters. The van der Waals surface area contributed by atoms with Crippen molar-refractivity contribution in [1.82, 2.24) is 0 Å². The third-order valence-electron chi connectivity index (χ3n) is 1.57. The smallest absolute Gasteiger partial charge is 0.179 e. The molecule has 0 aromatic carbocycles. The van der Waals surface area contributed by atoms with Gasteiger partial charge in [-0.25, -0.2) is 0 Å². The minimum Gasteiger partial charge on any atom is -0.292 e. The Balaban J connectivity index is 0.000001000. The van der Waals surface area contributed by atoms with Gasteiger partial charge >= 0.3 is 0 Å². The van der Waals surface area contributed by atoms with E-state index < -0.39 is 0 Å². The lowest BCUT2D eigenvalue weighted by Crippen LogP contribution is -2.17. The van der Waals surface area contributed by atoms with E-state index in [1.807, 2.05) is 13.8 Å². The van der Waals surface area contributed by atoms with Crippen LogP contribution in [-0.4, -0.2) is 17.5 Å². The number of hydrogen-bond donors (Lipinski definition) is 0. The standard InChI is InChI=1S/C8H11NO.ClH/c1-3-7-4-5-8(10)6(2)9-7;/h4-6H,3H2,1-2H3;1H. The van der Waals surface area contributed by atoms with Gasteiger partial charge in [-0.15, -0.1) is 12.4 Å². The first kappa shape index (κ1) is 10.4. The molecule has 3 heteroatoms. The van der Waals surface area contributed by atoms with Gasteiger partial charge in [-0.2, -0.15) is 0 Å². The Morgan fingerprint density at radius 1 is 1.55 bits per heavy atom. The van der Waals surface area contributed by atoms with E-state index in [4.69, 9.17) is 0 Å². The Morgan fingerprint density at radius 3 is 2.64 bits per heavy atom. The largest absolute Gasteiger partial charge is 0.292 e. The molecule has 62 valence electrons. The van der Waals surface area contributed by atoms with Gasteiger partial charge in [-0.05, 0) is 25.5 Å². The van der Waals surface area contributed by atoms with E-state index in [0.29, 0.717) is 0 Å². The molecule has 0 saturated heterocycles. The summed E-state index contributed by atoms with van der Waals surface area (Å²) in [6.07, 6.45) is 4.31. The van der Waals surface area contributed by atoms with Gasteiger partial charge in [0.15, 0.2) is 5.78 Å². The molecule has 0 aliphatic carbocycles. The second-order valence-electron chi connectivity index (χ2n) is 2.39. The van der Waals surface area contributed by atoms with E-state index in [0.717, 1.165) is 12.1 Å². The van der Waals surface area contributed by atoms with Crippen molar-refractivity contribution < 1.29 is 4.79 Å². The van der Waals surface area contributed by atoms with Crippen LogP contribution in [0.2, 0.25) is 0 Å². The lowest BCUT2D eigenvalue weighted by atomic mass is 10.1. The molecule has 2 nitrogen and oxygen atoms in total. The number of carbonyl (C=O) groups is 1. The van der Waals surface area contributed by atoms with Gasteiger partial charge in [-0.3, -0.25) is 9.79 Å². The van der Waals surface area contributed by atoms with E-state index in [2.05, 4.69) is 4.99 Å². The highest BCUT2D eigenvalue weighted by molar-refractivity contribution is 6.07. The predicted molar refractivity (Wildman–Crippen MR) is 48.6 cm³/mol. The monoisotopic (exact) mass is 173 g/mol. The normalized spacial score (nSPS) is 22.5. The molecule has 0 aromatic rings. The Labute approximate surface area is 72.8 Å². The van der Waals surface area contributed by atoms with Crippen LogP contribution in [0.1, 0.15) is 20.3 Å². The number of carbonyl (C=O) groups excluding carboxylic acids is 1. The number of allylic oxidation sites excluding steroid dienone is 1. The van der Waals surface area contributed by atoms with Crippen molar-refractivity contribution in [2.75, 3.05) is 0 Å². The number of halogens is 1. The van der Waals surface area contributed by atoms with E-state index in [1.54, 1.807) is 12.2 Å². The average molecular weight is 174 g/mol. The number of nitrogens with zero attached hydrogens (tertiary/aromatic N) is 1. The second-order valence-corrected chi connectivity index (χ2v) is 2.39. The second kappa shape index (κ2) is 4.29. The molecule has 0 aromatic heterocycles. The van der Waals surface area contributed by atoms with Crippen molar-refractivity contribution in [3.05, 3.63) is 12.2 Å². The number of hydrogen-bond acceptors (Lipinski definition) is 2. The van der Waals surface area contributed by atoms with Crippen molar-refractivity contribution in [3.8, 4) is 0 Å². The van der Waals surface area contributed by atoms with Gasteiger partial charge in [0.1, 0.15) is 6.04 Å². The zero-order valence-corrected chi connectivity index (χ0v) is 7.52. The number of dihydropyridines is 1. The topological polar surface area (TPSA) is 29.4 Å². The lowest BCUT2D eigenvalue weighted by molar-refractivity contribution is -0.115. The maximum absolute atomic E-state index is 10.9. The van der Waals surface area contributed by atoms with E-state index in [1.165, 1.54) is 0 Å². The number of aliphatic imine (C=N–C) groups is 1. The maximum Gasteiger partial charge on any atom is 0.179 e. The summed E-state index contributed by atoms with van der Waals surface area (Å²) in [5.41, 5.74) is 1.02. The highest BCUT2D eigenvalue weighted by atomic mass is 35.5. The Hall–Kier alpha value is -0.630. The van der Waals surface area contributed by atoms with Crippen LogP contribution in [0, 0.1) is 0 Å². The van der Waals surface area contributed by atoms with Gasteiger partial charge in [0, 0.05) is 5.71 Å². The summed E-state index contributed by atoms with van der Waals surface area (Å²) in [7, 11) is 0. The Morgan fingerprint density at radius 2 is 2.18 bits per heavy atom. The molecule has 1 rings (SSSR count). The molecule has 0 saturated carbocycles. The summed E-state index contributed by atoms with van der Waals surface area (Å²) in [4.78, 5) is 15.0. The maximum atomic E-state index is 10.9. The fourth-order valence-electron chi connectivity index (χ4n) is 0.882. The van der Waals surface area contributed by atoms with Crippen molar-refractivity contribution in [2.45, 2.75) is 26.3 Å². The van der Waals surface area contributed by atoms with Crippen molar-refractivity contribution >= 4 is 23.9 Å². The van der Waals surface area contributed by atoms with Gasteiger partial charge in [0.25, 0.3) is 0 Å². The van der Waals surface area contributed by atoms with Crippen LogP contribution in [0.3, 0.4) is 0 Å². The summed E-state index contributed by atoms with van der Waals surface area (Å²) >= 11 is 0. The van der Waals surface area contributed by atoms with Gasteiger partial charge in [-0.1, -0.05) is 6.92 Å². The highest BCUT2D eigenvalue weighted by Gasteiger charge is 2.11. The zero-order chi connectivity index (χ0) is 7.56. The van der Waals surface area contributed by atoms with Crippen LogP contribution < -0.4 is 0 Å². The number of ketones is 1. The summed E-state index contributed by atoms with van der Waals surface area (Å²) in [6, 6.07) is -0.153. The Kier molecular flexibility index (Phi) is 4.04. The molecule has 0 spiro atoms. The third kappa shape index (κ3) is 2.46. The first-order chi connectivity index (χ1) is 4.74. The van der Waals surface area contributed by atoms with E-state index in [9.17, 15) is 4.79 Å². The van der Waals surface area contributed by atoms with Crippen molar-refractivity contribution in [3.63, 3.8) is 0 Å². The van der Waals surface area contributed by atoms with Crippen LogP contribution in [0.5, 0.6) is 0 Å². The van der Waals surface area contributed by atoms with E-state index in [-0.39, 0.29) is 24.2 Å². The van der Waals surface area contributed by atoms with Crippen LogP contribution >= 0.6 is 12.4 Å².